The molecule has 1 saturated heterocycles. The minimum absolute atomic E-state index is 0.0213. The standard InChI is InChI=1S/C32H36BrN3O4S/c1-2-30(37)36-19-16-26-20-28(33)21-29(31(26)36)41(39,40)35-17-9-14-27(23-35)32(38)34(22-25-12-7-4-8-13-25)18-15-24-10-5-3-6-11-24/h3-8,10-13,20-21,27H,2,9,14-19,22-23H2,1H3/t27-/m1/s1. The lowest BCUT2D eigenvalue weighted by molar-refractivity contribution is -0.137. The fraction of sp³-hybridized carbons (Fsp3) is 0.375. The number of hydrogen-bond donors (Lipinski definition) is 0. The highest BCUT2D eigenvalue weighted by molar-refractivity contribution is 9.10. The first-order chi connectivity index (χ1) is 19.8. The summed E-state index contributed by atoms with van der Waals surface area (Å²) in [5, 5.41) is 0. The second-order valence-corrected chi connectivity index (χ2v) is 13.6. The van der Waals surface area contributed by atoms with Crippen LogP contribution in [0.1, 0.15) is 42.9 Å². The van der Waals surface area contributed by atoms with Crippen LogP contribution in [0.3, 0.4) is 0 Å². The predicted octanol–water partition coefficient (Wildman–Crippen LogP) is 5.42. The maximum absolute atomic E-state index is 14.1. The van der Waals surface area contributed by atoms with E-state index >= 15 is 0 Å². The summed E-state index contributed by atoms with van der Waals surface area (Å²) in [6.45, 7) is 3.75. The van der Waals surface area contributed by atoms with Crippen molar-refractivity contribution in [2.24, 2.45) is 5.92 Å². The van der Waals surface area contributed by atoms with Crippen molar-refractivity contribution in [2.45, 2.75) is 50.5 Å². The first-order valence-electron chi connectivity index (χ1n) is 14.3. The minimum Gasteiger partial charge on any atom is -0.338 e. The van der Waals surface area contributed by atoms with Crippen LogP contribution in [0.15, 0.2) is 82.2 Å². The van der Waals surface area contributed by atoms with Crippen molar-refractivity contribution < 1.29 is 18.0 Å². The number of hydrogen-bond acceptors (Lipinski definition) is 4. The lowest BCUT2D eigenvalue weighted by Gasteiger charge is -2.35. The van der Waals surface area contributed by atoms with Crippen molar-refractivity contribution >= 4 is 43.5 Å². The van der Waals surface area contributed by atoms with Gasteiger partial charge >= 0.3 is 0 Å². The highest BCUT2D eigenvalue weighted by Gasteiger charge is 2.39. The molecule has 0 aliphatic carbocycles. The number of fused-ring (bicyclic) bond motifs is 1. The molecule has 1 atom stereocenters. The van der Waals surface area contributed by atoms with E-state index in [1.807, 2.05) is 59.5 Å². The molecule has 0 saturated carbocycles. The van der Waals surface area contributed by atoms with Crippen LogP contribution < -0.4 is 4.90 Å². The number of nitrogens with zero attached hydrogens (tertiary/aromatic N) is 3. The molecule has 3 aromatic carbocycles. The molecule has 0 radical (unpaired) electrons. The van der Waals surface area contributed by atoms with Gasteiger partial charge < -0.3 is 9.80 Å². The van der Waals surface area contributed by atoms with E-state index in [2.05, 4.69) is 28.1 Å². The first-order valence-corrected chi connectivity index (χ1v) is 16.5. The number of anilines is 1. The molecule has 5 rings (SSSR count). The molecular formula is C32H36BrN3O4S. The summed E-state index contributed by atoms with van der Waals surface area (Å²) < 4.78 is 30.4. The molecule has 1 fully saturated rings. The van der Waals surface area contributed by atoms with E-state index in [1.165, 1.54) is 4.31 Å². The van der Waals surface area contributed by atoms with Crippen molar-refractivity contribution in [2.75, 3.05) is 31.1 Å². The Balaban J connectivity index is 1.39. The van der Waals surface area contributed by atoms with Gasteiger partial charge in [0.25, 0.3) is 0 Å². The van der Waals surface area contributed by atoms with Gasteiger partial charge in [0.15, 0.2) is 0 Å². The van der Waals surface area contributed by atoms with Gasteiger partial charge in [-0.1, -0.05) is 83.5 Å². The van der Waals surface area contributed by atoms with Gasteiger partial charge in [-0.15, -0.1) is 0 Å². The largest absolute Gasteiger partial charge is 0.338 e. The average molecular weight is 639 g/mol. The zero-order valence-electron chi connectivity index (χ0n) is 23.3. The molecule has 2 aliphatic heterocycles. The summed E-state index contributed by atoms with van der Waals surface area (Å²) in [5.41, 5.74) is 3.53. The molecule has 7 nitrogen and oxygen atoms in total. The topological polar surface area (TPSA) is 78.0 Å². The van der Waals surface area contributed by atoms with Crippen molar-refractivity contribution in [3.63, 3.8) is 0 Å². The smallest absolute Gasteiger partial charge is 0.245 e. The number of sulfonamides is 1. The lowest BCUT2D eigenvalue weighted by atomic mass is 9.97. The van der Waals surface area contributed by atoms with Crippen LogP contribution in [0.4, 0.5) is 5.69 Å². The number of benzene rings is 3. The van der Waals surface area contributed by atoms with Crippen molar-refractivity contribution in [3.8, 4) is 0 Å². The summed E-state index contributed by atoms with van der Waals surface area (Å²) in [6, 6.07) is 23.5. The van der Waals surface area contributed by atoms with Gasteiger partial charge in [0.1, 0.15) is 4.90 Å². The molecule has 2 aliphatic rings. The maximum Gasteiger partial charge on any atom is 0.245 e. The number of amides is 2. The molecule has 216 valence electrons. The highest BCUT2D eigenvalue weighted by atomic mass is 79.9. The van der Waals surface area contributed by atoms with E-state index in [1.54, 1.807) is 17.9 Å². The molecule has 41 heavy (non-hydrogen) atoms. The number of carbonyl (C=O) groups excluding carboxylic acids is 2. The van der Waals surface area contributed by atoms with Crippen LogP contribution in [0.2, 0.25) is 0 Å². The summed E-state index contributed by atoms with van der Waals surface area (Å²) in [6.07, 6.45) is 2.87. The zero-order chi connectivity index (χ0) is 29.0. The molecule has 0 aromatic heterocycles. The SMILES string of the molecule is CCC(=O)N1CCc2cc(Br)cc(S(=O)(=O)N3CCC[C@@H](C(=O)N(CCc4ccccc4)Cc4ccccc4)C3)c21. The Hall–Kier alpha value is -3.01. The average Bonchev–Trinajstić information content (AvgIpc) is 3.42. The molecule has 2 heterocycles. The van der Waals surface area contributed by atoms with Crippen molar-refractivity contribution in [1.29, 1.82) is 0 Å². The van der Waals surface area contributed by atoms with Crippen LogP contribution in [0, 0.1) is 5.92 Å². The van der Waals surface area contributed by atoms with Gasteiger partial charge in [-0.25, -0.2) is 8.42 Å². The Bertz CT molecular complexity index is 1500. The maximum atomic E-state index is 14.1. The van der Waals surface area contributed by atoms with E-state index in [0.717, 1.165) is 23.1 Å². The lowest BCUT2D eigenvalue weighted by Crippen LogP contribution is -2.47. The van der Waals surface area contributed by atoms with Gasteiger partial charge in [-0.2, -0.15) is 4.31 Å². The minimum atomic E-state index is -3.95. The fourth-order valence-electron chi connectivity index (χ4n) is 5.85. The first kappa shape index (κ1) is 29.5. The summed E-state index contributed by atoms with van der Waals surface area (Å²) in [5.74, 6) is -0.553. The van der Waals surface area contributed by atoms with Crippen LogP contribution in [-0.2, 0) is 39.0 Å². The van der Waals surface area contributed by atoms with Crippen LogP contribution >= 0.6 is 15.9 Å². The van der Waals surface area contributed by atoms with Gasteiger partial charge in [0.05, 0.1) is 11.6 Å². The molecule has 0 bridgehead atoms. The molecule has 9 heteroatoms. The van der Waals surface area contributed by atoms with Crippen LogP contribution in [0.25, 0.3) is 0 Å². The van der Waals surface area contributed by atoms with Gasteiger partial charge in [-0.3, -0.25) is 9.59 Å². The second-order valence-electron chi connectivity index (χ2n) is 10.7. The molecule has 2 amide bonds. The summed E-state index contributed by atoms with van der Waals surface area (Å²) in [7, 11) is -3.95. The van der Waals surface area contributed by atoms with E-state index < -0.39 is 15.9 Å². The third-order valence-electron chi connectivity index (χ3n) is 7.99. The third-order valence-corrected chi connectivity index (χ3v) is 10.3. The van der Waals surface area contributed by atoms with Gasteiger partial charge in [-0.05, 0) is 54.5 Å². The zero-order valence-corrected chi connectivity index (χ0v) is 25.7. The van der Waals surface area contributed by atoms with E-state index in [0.29, 0.717) is 62.0 Å². The molecule has 0 spiro atoms. The molecule has 0 unspecified atom stereocenters. The Morgan fingerprint density at radius 2 is 1.66 bits per heavy atom. The Morgan fingerprint density at radius 3 is 2.34 bits per heavy atom. The molecule has 3 aromatic rings. The normalized spacial score (nSPS) is 17.3. The fourth-order valence-corrected chi connectivity index (χ4v) is 8.29. The van der Waals surface area contributed by atoms with Crippen molar-refractivity contribution in [1.82, 2.24) is 9.21 Å². The van der Waals surface area contributed by atoms with E-state index in [4.69, 9.17) is 0 Å². The number of piperidine rings is 1. The second kappa shape index (κ2) is 12.9. The molecular weight excluding hydrogens is 602 g/mol. The molecule has 0 N–H and O–H groups in total. The van der Waals surface area contributed by atoms with E-state index in [9.17, 15) is 18.0 Å². The Morgan fingerprint density at radius 1 is 0.976 bits per heavy atom. The summed E-state index contributed by atoms with van der Waals surface area (Å²) >= 11 is 3.48. The van der Waals surface area contributed by atoms with E-state index in [-0.39, 0.29) is 23.3 Å². The third kappa shape index (κ3) is 6.58. The van der Waals surface area contributed by atoms with Crippen LogP contribution in [0.5, 0.6) is 0 Å². The van der Waals surface area contributed by atoms with Crippen molar-refractivity contribution in [3.05, 3.63) is 94.0 Å². The summed E-state index contributed by atoms with van der Waals surface area (Å²) in [4.78, 5) is 30.3. The number of rotatable bonds is 9. The predicted molar refractivity (Wildman–Crippen MR) is 164 cm³/mol. The Kier molecular flexibility index (Phi) is 9.26. The Labute approximate surface area is 251 Å². The number of carbonyl (C=O) groups is 2. The van der Waals surface area contributed by atoms with Gasteiger partial charge in [0, 0.05) is 43.6 Å². The van der Waals surface area contributed by atoms with Crippen LogP contribution in [-0.4, -0.2) is 55.6 Å². The quantitative estimate of drug-likeness (QED) is 0.314. The highest BCUT2D eigenvalue weighted by Crippen LogP contribution is 2.40. The van der Waals surface area contributed by atoms with Gasteiger partial charge in [0.2, 0.25) is 21.8 Å². The number of halogens is 1. The monoisotopic (exact) mass is 637 g/mol.